The minimum Gasteiger partial charge on any atom is -0.493 e. The average Bonchev–Trinajstić information content (AvgIpc) is 3.27. The summed E-state index contributed by atoms with van der Waals surface area (Å²) in [6.07, 6.45) is 1.92. The topological polar surface area (TPSA) is 85.0 Å². The number of rotatable bonds is 4. The van der Waals surface area contributed by atoms with Crippen LogP contribution in [0.1, 0.15) is 29.0 Å². The average molecular weight is 372 g/mol. The maximum absolute atomic E-state index is 12.7. The lowest BCUT2D eigenvalue weighted by Crippen LogP contribution is -2.42. The monoisotopic (exact) mass is 372 g/mol. The maximum atomic E-state index is 12.7. The Kier molecular flexibility index (Phi) is 4.78. The van der Waals surface area contributed by atoms with Crippen LogP contribution in [0.2, 0.25) is 0 Å². The highest BCUT2D eigenvalue weighted by molar-refractivity contribution is 5.95. The third kappa shape index (κ3) is 3.39. The lowest BCUT2D eigenvalue weighted by molar-refractivity contribution is -0.0240. The minimum atomic E-state index is -0.566. The molecule has 1 saturated heterocycles. The van der Waals surface area contributed by atoms with Crippen LogP contribution < -0.4 is 9.47 Å². The van der Waals surface area contributed by atoms with Crippen LogP contribution in [0, 0.1) is 18.8 Å². The lowest BCUT2D eigenvalue weighted by Gasteiger charge is -2.35. The maximum Gasteiger partial charge on any atom is 0.259 e. The molecule has 2 aromatic rings. The van der Waals surface area contributed by atoms with Crippen molar-refractivity contribution in [1.29, 1.82) is 0 Å². The van der Waals surface area contributed by atoms with E-state index in [0.29, 0.717) is 54.7 Å². The Hall–Kier alpha value is -2.54. The number of benzene rings is 1. The fourth-order valence-electron chi connectivity index (χ4n) is 4.24. The van der Waals surface area contributed by atoms with E-state index in [1.807, 2.05) is 29.2 Å². The van der Waals surface area contributed by atoms with Gasteiger partial charge in [-0.3, -0.25) is 4.79 Å². The highest BCUT2D eigenvalue weighted by atomic mass is 16.5. The van der Waals surface area contributed by atoms with Gasteiger partial charge in [-0.15, -0.1) is 0 Å². The van der Waals surface area contributed by atoms with Gasteiger partial charge in [0.15, 0.2) is 11.5 Å². The van der Waals surface area contributed by atoms with Gasteiger partial charge in [-0.2, -0.15) is 0 Å². The van der Waals surface area contributed by atoms with Gasteiger partial charge in [-0.05, 0) is 43.7 Å². The van der Waals surface area contributed by atoms with Crippen LogP contribution in [0.4, 0.5) is 0 Å². The molecule has 144 valence electrons. The number of methoxy groups -OCH3 is 1. The molecule has 1 aromatic heterocycles. The zero-order chi connectivity index (χ0) is 19.0. The molecule has 1 amide bonds. The van der Waals surface area contributed by atoms with Crippen molar-refractivity contribution >= 4 is 5.91 Å². The Morgan fingerprint density at radius 2 is 1.93 bits per heavy atom. The number of hydrogen-bond donors (Lipinski definition) is 1. The van der Waals surface area contributed by atoms with Crippen LogP contribution in [0.25, 0.3) is 0 Å². The van der Waals surface area contributed by atoms with Crippen LogP contribution in [0.5, 0.6) is 11.5 Å². The Morgan fingerprint density at radius 3 is 2.59 bits per heavy atom. The van der Waals surface area contributed by atoms with E-state index in [9.17, 15) is 9.90 Å². The second-order valence-electron chi connectivity index (χ2n) is 7.37. The molecule has 1 N–H and O–H groups in total. The minimum absolute atomic E-state index is 0.0557. The molecule has 0 radical (unpaired) electrons. The number of aromatic nitrogens is 1. The molecule has 1 aromatic carbocycles. The number of nitrogens with zero attached hydrogens (tertiary/aromatic N) is 2. The number of amides is 1. The zero-order valence-corrected chi connectivity index (χ0v) is 15.5. The van der Waals surface area contributed by atoms with Gasteiger partial charge in [0.25, 0.3) is 5.91 Å². The number of aryl methyl sites for hydroxylation is 1. The van der Waals surface area contributed by atoms with Gasteiger partial charge in [0, 0.05) is 13.1 Å². The van der Waals surface area contributed by atoms with Crippen molar-refractivity contribution in [1.82, 2.24) is 10.1 Å². The number of hydrogen-bond acceptors (Lipinski definition) is 6. The fraction of sp³-hybridized carbons (Fsp3) is 0.500. The van der Waals surface area contributed by atoms with E-state index in [1.165, 1.54) is 6.20 Å². The van der Waals surface area contributed by atoms with E-state index in [4.69, 9.17) is 14.0 Å². The predicted molar refractivity (Wildman–Crippen MR) is 96.8 cm³/mol. The lowest BCUT2D eigenvalue weighted by atomic mass is 9.78. The van der Waals surface area contributed by atoms with Crippen LogP contribution in [0.3, 0.4) is 0 Å². The molecule has 1 aliphatic heterocycles. The summed E-state index contributed by atoms with van der Waals surface area (Å²) in [4.78, 5) is 14.6. The van der Waals surface area contributed by atoms with Gasteiger partial charge >= 0.3 is 0 Å². The number of aliphatic hydroxyl groups excluding tert-OH is 1. The highest BCUT2D eigenvalue weighted by Crippen LogP contribution is 2.39. The van der Waals surface area contributed by atoms with Crippen LogP contribution in [-0.4, -0.2) is 53.5 Å². The summed E-state index contributed by atoms with van der Waals surface area (Å²) >= 11 is 0. The molecule has 7 nitrogen and oxygen atoms in total. The second-order valence-corrected chi connectivity index (χ2v) is 7.37. The van der Waals surface area contributed by atoms with Gasteiger partial charge in [0.2, 0.25) is 0 Å². The predicted octanol–water partition coefficient (Wildman–Crippen LogP) is 2.28. The number of ether oxygens (including phenoxy) is 2. The van der Waals surface area contributed by atoms with E-state index in [-0.39, 0.29) is 17.9 Å². The molecule has 1 aliphatic carbocycles. The fourth-order valence-corrected chi connectivity index (χ4v) is 4.24. The van der Waals surface area contributed by atoms with Gasteiger partial charge in [-0.1, -0.05) is 17.3 Å². The standard InChI is InChI=1S/C20H24N2O5/c1-12-15(9-21-27-12)20(24)22-10-13-7-16(23)19(8-14(13)11-22)26-18-6-4-3-5-17(18)25-2/h3-6,9,13-14,16,19,23H,7-8,10-11H2,1-2H3/t13-,14+,16+,19+/m0/s1. The highest BCUT2D eigenvalue weighted by Gasteiger charge is 2.44. The molecule has 0 spiro atoms. The van der Waals surface area contributed by atoms with Crippen LogP contribution >= 0.6 is 0 Å². The van der Waals surface area contributed by atoms with Crippen molar-refractivity contribution in [2.75, 3.05) is 20.2 Å². The van der Waals surface area contributed by atoms with Crippen LogP contribution in [-0.2, 0) is 0 Å². The smallest absolute Gasteiger partial charge is 0.259 e. The molecular formula is C20H24N2O5. The molecule has 1 saturated carbocycles. The Labute approximate surface area is 157 Å². The molecular weight excluding hydrogens is 348 g/mol. The molecule has 7 heteroatoms. The first kappa shape index (κ1) is 17.9. The first-order chi connectivity index (χ1) is 13.1. The SMILES string of the molecule is COc1ccccc1O[C@@H]1C[C@@H]2CN(C(=O)c3cnoc3C)C[C@@H]2C[C@H]1O. The van der Waals surface area contributed by atoms with E-state index in [0.717, 1.165) is 0 Å². The van der Waals surface area contributed by atoms with E-state index in [1.54, 1.807) is 14.0 Å². The van der Waals surface area contributed by atoms with Crippen molar-refractivity contribution in [3.8, 4) is 11.5 Å². The molecule has 0 bridgehead atoms. The number of likely N-dealkylation sites (tertiary alicyclic amines) is 1. The number of para-hydroxylation sites is 2. The third-order valence-corrected chi connectivity index (χ3v) is 5.70. The molecule has 4 rings (SSSR count). The molecule has 27 heavy (non-hydrogen) atoms. The van der Waals surface area contributed by atoms with Crippen molar-refractivity contribution in [3.05, 3.63) is 41.8 Å². The van der Waals surface area contributed by atoms with Crippen molar-refractivity contribution in [3.63, 3.8) is 0 Å². The zero-order valence-electron chi connectivity index (χ0n) is 15.5. The summed E-state index contributed by atoms with van der Waals surface area (Å²) < 4.78 is 16.4. The molecule has 2 heterocycles. The van der Waals surface area contributed by atoms with Crippen molar-refractivity contribution in [2.45, 2.75) is 32.0 Å². The summed E-state index contributed by atoms with van der Waals surface area (Å²) in [5.74, 6) is 2.34. The Morgan fingerprint density at radius 1 is 1.22 bits per heavy atom. The van der Waals surface area contributed by atoms with Crippen LogP contribution in [0.15, 0.2) is 35.0 Å². The summed E-state index contributed by atoms with van der Waals surface area (Å²) in [7, 11) is 1.60. The first-order valence-electron chi connectivity index (χ1n) is 9.25. The van der Waals surface area contributed by atoms with Gasteiger partial charge < -0.3 is 24.0 Å². The van der Waals surface area contributed by atoms with E-state index in [2.05, 4.69) is 5.16 Å². The Bertz CT molecular complexity index is 820. The quantitative estimate of drug-likeness (QED) is 0.886. The molecule has 0 unspecified atom stereocenters. The molecule has 4 atom stereocenters. The first-order valence-corrected chi connectivity index (χ1v) is 9.25. The van der Waals surface area contributed by atoms with Gasteiger partial charge in [-0.25, -0.2) is 0 Å². The second kappa shape index (κ2) is 7.23. The summed E-state index contributed by atoms with van der Waals surface area (Å²) in [5, 5.41) is 14.3. The molecule has 2 aliphatic rings. The molecule has 2 fully saturated rings. The summed E-state index contributed by atoms with van der Waals surface area (Å²) in [6.45, 7) is 3.05. The summed E-state index contributed by atoms with van der Waals surface area (Å²) in [5.41, 5.74) is 0.510. The number of carbonyl (C=O) groups excluding carboxylic acids is 1. The largest absolute Gasteiger partial charge is 0.493 e. The third-order valence-electron chi connectivity index (χ3n) is 5.70. The van der Waals surface area contributed by atoms with Gasteiger partial charge in [0.1, 0.15) is 17.4 Å². The summed E-state index contributed by atoms with van der Waals surface area (Å²) in [6, 6.07) is 7.45. The number of fused-ring (bicyclic) bond motifs is 1. The van der Waals surface area contributed by atoms with E-state index < -0.39 is 6.10 Å². The van der Waals surface area contributed by atoms with Crippen molar-refractivity contribution in [2.24, 2.45) is 11.8 Å². The van der Waals surface area contributed by atoms with E-state index >= 15 is 0 Å². The Balaban J connectivity index is 1.44. The van der Waals surface area contributed by atoms with Gasteiger partial charge in [0.05, 0.1) is 19.4 Å². The normalized spacial score (nSPS) is 27.3. The number of carbonyl (C=O) groups is 1. The number of aliphatic hydroxyl groups is 1. The van der Waals surface area contributed by atoms with Crippen molar-refractivity contribution < 1.29 is 23.9 Å².